The molecule has 1 aliphatic heterocycles. The fourth-order valence-corrected chi connectivity index (χ4v) is 6.31. The summed E-state index contributed by atoms with van der Waals surface area (Å²) >= 11 is 0. The molecule has 4 nitrogen and oxygen atoms in total. The van der Waals surface area contributed by atoms with Crippen molar-refractivity contribution in [2.24, 2.45) is 17.8 Å². The molecule has 228 valence electrons. The maximum atomic E-state index is 12.9. The van der Waals surface area contributed by atoms with Crippen LogP contribution < -0.4 is 9.47 Å². The van der Waals surface area contributed by atoms with E-state index in [2.05, 4.69) is 60.4 Å². The van der Waals surface area contributed by atoms with Gasteiger partial charge in [-0.1, -0.05) is 85.6 Å². The van der Waals surface area contributed by atoms with Gasteiger partial charge in [-0.25, -0.2) is 9.78 Å². The predicted molar refractivity (Wildman–Crippen MR) is 171 cm³/mol. The highest BCUT2D eigenvalue weighted by molar-refractivity contribution is 5.89. The van der Waals surface area contributed by atoms with Crippen LogP contribution in [0.2, 0.25) is 0 Å². The Morgan fingerprint density at radius 2 is 1.56 bits per heavy atom. The van der Waals surface area contributed by atoms with E-state index in [-0.39, 0.29) is 5.60 Å². The Morgan fingerprint density at radius 1 is 0.927 bits per heavy atom. The lowest BCUT2D eigenvalue weighted by Gasteiger charge is -2.38. The standard InChI is InChI=1S/C37H57NO3/c1-10-31-19-20-33(38-24-31)36(39)40-34-28(6)29(7)35-32(30(34)8)21-23-37(9,41-35)22-13-18-27(5)17-12-16-26(4)15-11-14-25(2)3/h19-20,24-27H,10-18,21-23H2,1-9H3/t26-,27-,37-/m1/s1. The van der Waals surface area contributed by atoms with Crippen molar-refractivity contribution in [2.75, 3.05) is 0 Å². The minimum atomic E-state index is -0.408. The molecule has 0 N–H and O–H groups in total. The van der Waals surface area contributed by atoms with Gasteiger partial charge in [0.25, 0.3) is 0 Å². The van der Waals surface area contributed by atoms with E-state index in [0.717, 1.165) is 71.4 Å². The lowest BCUT2D eigenvalue weighted by Crippen LogP contribution is -2.37. The third-order valence-corrected chi connectivity index (χ3v) is 9.47. The second-order valence-electron chi connectivity index (χ2n) is 13.7. The van der Waals surface area contributed by atoms with Crippen molar-refractivity contribution in [1.82, 2.24) is 4.98 Å². The van der Waals surface area contributed by atoms with Crippen LogP contribution in [0.4, 0.5) is 0 Å². The molecule has 1 aromatic heterocycles. The first kappa shape index (κ1) is 33.1. The lowest BCUT2D eigenvalue weighted by atomic mass is 9.83. The minimum absolute atomic E-state index is 0.148. The van der Waals surface area contributed by atoms with Gasteiger partial charge in [0.05, 0.1) is 0 Å². The molecule has 1 aromatic carbocycles. The zero-order chi connectivity index (χ0) is 30.2. The van der Waals surface area contributed by atoms with Crippen LogP contribution in [0.15, 0.2) is 18.3 Å². The maximum absolute atomic E-state index is 12.9. The number of rotatable bonds is 15. The molecule has 0 fully saturated rings. The number of aryl methyl sites for hydroxylation is 1. The molecule has 2 heterocycles. The molecule has 0 saturated heterocycles. The number of esters is 1. The van der Waals surface area contributed by atoms with E-state index in [1.165, 1.54) is 56.9 Å². The number of hydrogen-bond acceptors (Lipinski definition) is 4. The fraction of sp³-hybridized carbons (Fsp3) is 0.676. The summed E-state index contributed by atoms with van der Waals surface area (Å²) in [5.41, 5.74) is 5.52. The largest absolute Gasteiger partial charge is 0.487 e. The minimum Gasteiger partial charge on any atom is -0.487 e. The van der Waals surface area contributed by atoms with Crippen molar-refractivity contribution < 1.29 is 14.3 Å². The molecule has 2 aromatic rings. The van der Waals surface area contributed by atoms with Crippen molar-refractivity contribution in [2.45, 2.75) is 145 Å². The first-order chi connectivity index (χ1) is 19.4. The quantitative estimate of drug-likeness (QED) is 0.160. The molecular formula is C37H57NO3. The number of nitrogens with zero attached hydrogens (tertiary/aromatic N) is 1. The second kappa shape index (κ2) is 15.2. The average molecular weight is 564 g/mol. The molecule has 1 aliphatic rings. The Morgan fingerprint density at radius 3 is 2.15 bits per heavy atom. The summed E-state index contributed by atoms with van der Waals surface area (Å²) in [5, 5.41) is 0. The van der Waals surface area contributed by atoms with Crippen LogP contribution in [0.3, 0.4) is 0 Å². The molecule has 0 amide bonds. The smallest absolute Gasteiger partial charge is 0.362 e. The molecule has 0 bridgehead atoms. The van der Waals surface area contributed by atoms with E-state index >= 15 is 0 Å². The van der Waals surface area contributed by atoms with Crippen LogP contribution in [0.5, 0.6) is 11.5 Å². The summed E-state index contributed by atoms with van der Waals surface area (Å²) in [6.45, 7) is 20.1. The summed E-state index contributed by atoms with van der Waals surface area (Å²) in [7, 11) is 0. The highest BCUT2D eigenvalue weighted by Crippen LogP contribution is 2.45. The summed E-state index contributed by atoms with van der Waals surface area (Å²) in [4.78, 5) is 17.2. The molecule has 0 aliphatic carbocycles. The monoisotopic (exact) mass is 563 g/mol. The van der Waals surface area contributed by atoms with Crippen LogP contribution >= 0.6 is 0 Å². The molecule has 0 spiro atoms. The Balaban J connectivity index is 1.53. The Kier molecular flexibility index (Phi) is 12.3. The van der Waals surface area contributed by atoms with Gasteiger partial charge in [-0.2, -0.15) is 0 Å². The molecule has 41 heavy (non-hydrogen) atoms. The molecular weight excluding hydrogens is 506 g/mol. The van der Waals surface area contributed by atoms with E-state index in [9.17, 15) is 4.79 Å². The van der Waals surface area contributed by atoms with E-state index in [1.807, 2.05) is 13.0 Å². The SMILES string of the molecule is CCc1ccc(C(=O)Oc2c(C)c(C)c3c(c2C)CC[C@@](C)(CCC[C@H](C)CCC[C@H](C)CCCC(C)C)O3)nc1. The van der Waals surface area contributed by atoms with Crippen molar-refractivity contribution in [3.05, 3.63) is 51.8 Å². The lowest BCUT2D eigenvalue weighted by molar-refractivity contribution is 0.0508. The van der Waals surface area contributed by atoms with Crippen LogP contribution in [0.25, 0.3) is 0 Å². The predicted octanol–water partition coefficient (Wildman–Crippen LogP) is 10.3. The van der Waals surface area contributed by atoms with Crippen molar-refractivity contribution in [3.8, 4) is 11.5 Å². The van der Waals surface area contributed by atoms with Crippen molar-refractivity contribution in [1.29, 1.82) is 0 Å². The van der Waals surface area contributed by atoms with E-state index < -0.39 is 5.97 Å². The molecule has 3 rings (SSSR count). The highest BCUT2D eigenvalue weighted by Gasteiger charge is 2.35. The van der Waals surface area contributed by atoms with Gasteiger partial charge in [0.1, 0.15) is 22.8 Å². The van der Waals surface area contributed by atoms with Gasteiger partial charge >= 0.3 is 5.97 Å². The van der Waals surface area contributed by atoms with Crippen LogP contribution in [0.1, 0.15) is 144 Å². The normalized spacial score (nSPS) is 18.1. The van der Waals surface area contributed by atoms with Gasteiger partial charge < -0.3 is 9.47 Å². The van der Waals surface area contributed by atoms with Crippen LogP contribution in [0, 0.1) is 38.5 Å². The van der Waals surface area contributed by atoms with Gasteiger partial charge in [-0.3, -0.25) is 0 Å². The topological polar surface area (TPSA) is 48.4 Å². The number of carbonyl (C=O) groups excluding carboxylic acids is 1. The molecule has 0 unspecified atom stereocenters. The van der Waals surface area contributed by atoms with Crippen molar-refractivity contribution in [3.63, 3.8) is 0 Å². The fourth-order valence-electron chi connectivity index (χ4n) is 6.31. The molecule has 3 atom stereocenters. The van der Waals surface area contributed by atoms with Gasteiger partial charge in [0, 0.05) is 11.8 Å². The number of benzene rings is 1. The van der Waals surface area contributed by atoms with Crippen molar-refractivity contribution >= 4 is 5.97 Å². The van der Waals surface area contributed by atoms with Gasteiger partial charge in [0.15, 0.2) is 0 Å². The number of fused-ring (bicyclic) bond motifs is 1. The first-order valence-corrected chi connectivity index (χ1v) is 16.4. The Hall–Kier alpha value is -2.36. The molecule has 0 saturated carbocycles. The number of ether oxygens (including phenoxy) is 2. The maximum Gasteiger partial charge on any atom is 0.362 e. The number of pyridine rings is 1. The van der Waals surface area contributed by atoms with Gasteiger partial charge in [-0.05, 0) is 106 Å². The Bertz CT molecular complexity index is 1140. The summed E-state index contributed by atoms with van der Waals surface area (Å²) in [6, 6.07) is 3.69. The van der Waals surface area contributed by atoms with Crippen LogP contribution in [-0.2, 0) is 12.8 Å². The summed E-state index contributed by atoms with van der Waals surface area (Å²) < 4.78 is 12.7. The van der Waals surface area contributed by atoms with E-state index in [0.29, 0.717) is 11.4 Å². The van der Waals surface area contributed by atoms with Gasteiger partial charge in [-0.15, -0.1) is 0 Å². The molecule has 0 radical (unpaired) electrons. The Labute approximate surface area is 251 Å². The number of hydrogen-bond donors (Lipinski definition) is 0. The highest BCUT2D eigenvalue weighted by atomic mass is 16.5. The average Bonchev–Trinajstić information content (AvgIpc) is 2.93. The summed E-state index contributed by atoms with van der Waals surface area (Å²) in [5.74, 6) is 3.71. The third kappa shape index (κ3) is 9.32. The summed E-state index contributed by atoms with van der Waals surface area (Å²) in [6.07, 6.45) is 16.3. The molecule has 4 heteroatoms. The van der Waals surface area contributed by atoms with E-state index in [4.69, 9.17) is 9.47 Å². The third-order valence-electron chi connectivity index (χ3n) is 9.47. The van der Waals surface area contributed by atoms with E-state index in [1.54, 1.807) is 12.3 Å². The van der Waals surface area contributed by atoms with Gasteiger partial charge in [0.2, 0.25) is 0 Å². The second-order valence-corrected chi connectivity index (χ2v) is 13.7. The number of aromatic nitrogens is 1. The zero-order valence-corrected chi connectivity index (χ0v) is 27.6. The first-order valence-electron chi connectivity index (χ1n) is 16.4. The number of carbonyl (C=O) groups is 1. The zero-order valence-electron chi connectivity index (χ0n) is 27.6. The van der Waals surface area contributed by atoms with Crippen LogP contribution in [-0.4, -0.2) is 16.6 Å².